The average Bonchev–Trinajstić information content (AvgIpc) is 2.57. The van der Waals surface area contributed by atoms with E-state index in [1.165, 1.54) is 32.8 Å². The summed E-state index contributed by atoms with van der Waals surface area (Å²) in [5.41, 5.74) is 5.04. The molecule has 4 rings (SSSR count). The lowest BCUT2D eigenvalue weighted by Gasteiger charge is -2.07. The maximum Gasteiger partial charge on any atom is 0.0708 e. The molecule has 0 unspecified atom stereocenters. The van der Waals surface area contributed by atoms with Crippen molar-refractivity contribution in [3.05, 3.63) is 89.6 Å². The zero-order valence-electron chi connectivity index (χ0n) is 12.6. The maximum atomic E-state index is 4.57. The molecule has 0 amide bonds. The van der Waals surface area contributed by atoms with Crippen molar-refractivity contribution in [2.45, 2.75) is 13.3 Å². The molecule has 1 heteroatoms. The molecule has 0 aliphatic heterocycles. The Balaban J connectivity index is 1.82. The van der Waals surface area contributed by atoms with Crippen molar-refractivity contribution < 1.29 is 0 Å². The highest BCUT2D eigenvalue weighted by molar-refractivity contribution is 6.05. The van der Waals surface area contributed by atoms with Gasteiger partial charge in [-0.05, 0) is 42.0 Å². The van der Waals surface area contributed by atoms with E-state index in [0.717, 1.165) is 11.9 Å². The summed E-state index contributed by atoms with van der Waals surface area (Å²) < 4.78 is 0. The van der Waals surface area contributed by atoms with Gasteiger partial charge in [0.15, 0.2) is 0 Å². The number of aromatic nitrogens is 1. The molecule has 0 aliphatic rings. The van der Waals surface area contributed by atoms with Crippen LogP contribution in [0.2, 0.25) is 0 Å². The molecule has 0 radical (unpaired) electrons. The third kappa shape index (κ3) is 2.35. The first kappa shape index (κ1) is 13.0. The Hall–Kier alpha value is -2.67. The van der Waals surface area contributed by atoms with Gasteiger partial charge in [0.25, 0.3) is 0 Å². The summed E-state index contributed by atoms with van der Waals surface area (Å²) in [7, 11) is 0. The topological polar surface area (TPSA) is 12.9 Å². The lowest BCUT2D eigenvalue weighted by molar-refractivity contribution is 1.19. The van der Waals surface area contributed by atoms with Crippen LogP contribution in [0.4, 0.5) is 0 Å². The molecule has 0 spiro atoms. The first-order valence-electron chi connectivity index (χ1n) is 7.61. The zero-order chi connectivity index (χ0) is 14.9. The zero-order valence-corrected chi connectivity index (χ0v) is 12.6. The molecule has 0 bridgehead atoms. The minimum Gasteiger partial charge on any atom is -0.256 e. The SMILES string of the molecule is Cc1ccc(Cc2ccc3ncc4ccccc4c3c2)cc1. The second kappa shape index (κ2) is 5.27. The predicted octanol–water partition coefficient (Wildman–Crippen LogP) is 5.29. The van der Waals surface area contributed by atoms with Crippen LogP contribution in [0, 0.1) is 6.92 Å². The molecule has 3 aromatic carbocycles. The standard InChI is InChI=1S/C21H17N/c1-15-6-8-16(9-7-15)12-17-10-11-21-20(13-17)19-5-3-2-4-18(19)14-22-21/h2-11,13-14H,12H2,1H3. The van der Waals surface area contributed by atoms with Crippen LogP contribution in [0.3, 0.4) is 0 Å². The number of benzene rings is 3. The van der Waals surface area contributed by atoms with Gasteiger partial charge in [-0.25, -0.2) is 0 Å². The Morgan fingerprint density at radius 2 is 1.55 bits per heavy atom. The van der Waals surface area contributed by atoms with Gasteiger partial charge in [-0.2, -0.15) is 0 Å². The molecular weight excluding hydrogens is 266 g/mol. The van der Waals surface area contributed by atoms with Crippen LogP contribution < -0.4 is 0 Å². The molecule has 106 valence electrons. The fraction of sp³-hybridized carbons (Fsp3) is 0.0952. The molecule has 1 aromatic heterocycles. The summed E-state index contributed by atoms with van der Waals surface area (Å²) in [6.07, 6.45) is 2.91. The number of pyridine rings is 1. The smallest absolute Gasteiger partial charge is 0.0708 e. The van der Waals surface area contributed by atoms with Crippen LogP contribution in [0.25, 0.3) is 21.7 Å². The average molecular weight is 283 g/mol. The van der Waals surface area contributed by atoms with Crippen molar-refractivity contribution in [2.75, 3.05) is 0 Å². The molecule has 22 heavy (non-hydrogen) atoms. The quantitative estimate of drug-likeness (QED) is 0.456. The van der Waals surface area contributed by atoms with E-state index in [2.05, 4.69) is 78.6 Å². The van der Waals surface area contributed by atoms with Crippen LogP contribution in [0.1, 0.15) is 16.7 Å². The molecule has 4 aromatic rings. The van der Waals surface area contributed by atoms with Gasteiger partial charge in [-0.1, -0.05) is 60.2 Å². The highest BCUT2D eigenvalue weighted by Gasteiger charge is 2.03. The Kier molecular flexibility index (Phi) is 3.12. The summed E-state index contributed by atoms with van der Waals surface area (Å²) in [6, 6.07) is 23.8. The monoisotopic (exact) mass is 283 g/mol. The molecule has 0 atom stereocenters. The maximum absolute atomic E-state index is 4.57. The van der Waals surface area contributed by atoms with Crippen molar-refractivity contribution in [2.24, 2.45) is 0 Å². The fourth-order valence-electron chi connectivity index (χ4n) is 2.96. The Labute approximate surface area is 130 Å². The van der Waals surface area contributed by atoms with Gasteiger partial charge < -0.3 is 0 Å². The second-order valence-electron chi connectivity index (χ2n) is 5.86. The molecular formula is C21H17N. The minimum absolute atomic E-state index is 0.958. The Morgan fingerprint density at radius 1 is 0.773 bits per heavy atom. The molecule has 0 N–H and O–H groups in total. The lowest BCUT2D eigenvalue weighted by atomic mass is 10.00. The first-order chi connectivity index (χ1) is 10.8. The number of nitrogens with zero attached hydrogens (tertiary/aromatic N) is 1. The summed E-state index contributed by atoms with van der Waals surface area (Å²) >= 11 is 0. The van der Waals surface area contributed by atoms with Crippen molar-refractivity contribution in [1.29, 1.82) is 0 Å². The van der Waals surface area contributed by atoms with E-state index in [1.807, 2.05) is 6.20 Å². The van der Waals surface area contributed by atoms with Crippen LogP contribution in [-0.4, -0.2) is 4.98 Å². The number of fused-ring (bicyclic) bond motifs is 3. The molecule has 0 aliphatic carbocycles. The van der Waals surface area contributed by atoms with E-state index < -0.39 is 0 Å². The second-order valence-corrected chi connectivity index (χ2v) is 5.86. The van der Waals surface area contributed by atoms with Gasteiger partial charge in [0.05, 0.1) is 5.52 Å². The van der Waals surface area contributed by atoms with Crippen LogP contribution >= 0.6 is 0 Å². The van der Waals surface area contributed by atoms with Gasteiger partial charge in [-0.3, -0.25) is 4.98 Å². The summed E-state index contributed by atoms with van der Waals surface area (Å²) in [5.74, 6) is 0. The highest BCUT2D eigenvalue weighted by Crippen LogP contribution is 2.25. The molecule has 0 saturated carbocycles. The number of hydrogen-bond acceptors (Lipinski definition) is 1. The van der Waals surface area contributed by atoms with Gasteiger partial charge in [0.1, 0.15) is 0 Å². The third-order valence-electron chi connectivity index (χ3n) is 4.18. The summed E-state index contributed by atoms with van der Waals surface area (Å²) in [6.45, 7) is 2.12. The Morgan fingerprint density at radius 3 is 2.41 bits per heavy atom. The van der Waals surface area contributed by atoms with Crippen molar-refractivity contribution >= 4 is 21.7 Å². The molecule has 0 saturated heterocycles. The minimum atomic E-state index is 0.958. The van der Waals surface area contributed by atoms with E-state index in [0.29, 0.717) is 0 Å². The van der Waals surface area contributed by atoms with Gasteiger partial charge in [0, 0.05) is 17.0 Å². The van der Waals surface area contributed by atoms with E-state index in [9.17, 15) is 0 Å². The number of rotatable bonds is 2. The Bertz CT molecular complexity index is 952. The normalized spacial score (nSPS) is 11.1. The van der Waals surface area contributed by atoms with Crippen LogP contribution in [0.15, 0.2) is 72.9 Å². The number of aryl methyl sites for hydroxylation is 1. The van der Waals surface area contributed by atoms with E-state index in [1.54, 1.807) is 0 Å². The largest absolute Gasteiger partial charge is 0.256 e. The summed E-state index contributed by atoms with van der Waals surface area (Å²) in [4.78, 5) is 4.57. The fourth-order valence-corrected chi connectivity index (χ4v) is 2.96. The molecule has 0 fully saturated rings. The van der Waals surface area contributed by atoms with E-state index in [-0.39, 0.29) is 0 Å². The van der Waals surface area contributed by atoms with Crippen LogP contribution in [0.5, 0.6) is 0 Å². The van der Waals surface area contributed by atoms with Crippen molar-refractivity contribution in [3.63, 3.8) is 0 Å². The highest BCUT2D eigenvalue weighted by atomic mass is 14.6. The molecule has 1 nitrogen and oxygen atoms in total. The lowest BCUT2D eigenvalue weighted by Crippen LogP contribution is -1.90. The number of hydrogen-bond donors (Lipinski definition) is 0. The van der Waals surface area contributed by atoms with E-state index >= 15 is 0 Å². The first-order valence-corrected chi connectivity index (χ1v) is 7.61. The molecule has 1 heterocycles. The van der Waals surface area contributed by atoms with Crippen molar-refractivity contribution in [3.8, 4) is 0 Å². The predicted molar refractivity (Wildman–Crippen MR) is 93.2 cm³/mol. The van der Waals surface area contributed by atoms with Gasteiger partial charge >= 0.3 is 0 Å². The third-order valence-corrected chi connectivity index (χ3v) is 4.18. The van der Waals surface area contributed by atoms with Crippen LogP contribution in [-0.2, 0) is 6.42 Å². The van der Waals surface area contributed by atoms with Gasteiger partial charge in [0.2, 0.25) is 0 Å². The van der Waals surface area contributed by atoms with Gasteiger partial charge in [-0.15, -0.1) is 0 Å². The van der Waals surface area contributed by atoms with E-state index in [4.69, 9.17) is 0 Å². The summed E-state index contributed by atoms with van der Waals surface area (Å²) in [5, 5.41) is 3.71. The van der Waals surface area contributed by atoms with Crippen molar-refractivity contribution in [1.82, 2.24) is 4.98 Å².